The van der Waals surface area contributed by atoms with Crippen LogP contribution in [0.15, 0.2) is 48.5 Å². The van der Waals surface area contributed by atoms with Crippen molar-refractivity contribution in [2.75, 3.05) is 12.0 Å². The lowest BCUT2D eigenvalue weighted by molar-refractivity contribution is -0.126. The van der Waals surface area contributed by atoms with Gasteiger partial charge in [0.15, 0.2) is 0 Å². The van der Waals surface area contributed by atoms with Crippen LogP contribution < -0.4 is 15.0 Å². The maximum Gasteiger partial charge on any atom is 0.249 e. The molecule has 0 aliphatic rings. The van der Waals surface area contributed by atoms with Crippen molar-refractivity contribution in [1.82, 2.24) is 5.32 Å². The van der Waals surface area contributed by atoms with Crippen LogP contribution in [0.4, 0.5) is 5.69 Å². The Morgan fingerprint density at radius 2 is 1.59 bits per heavy atom. The first-order valence-corrected chi connectivity index (χ1v) is 9.13. The summed E-state index contributed by atoms with van der Waals surface area (Å²) in [4.78, 5) is 26.0. The van der Waals surface area contributed by atoms with Crippen molar-refractivity contribution in [2.45, 2.75) is 46.2 Å². The van der Waals surface area contributed by atoms with E-state index in [2.05, 4.69) is 31.3 Å². The van der Waals surface area contributed by atoms with Gasteiger partial charge in [0.25, 0.3) is 0 Å². The molecule has 1 unspecified atom stereocenters. The molecule has 5 heteroatoms. The minimum atomic E-state index is -0.612. The van der Waals surface area contributed by atoms with Crippen LogP contribution in [-0.2, 0) is 16.1 Å². The number of hydrogen-bond donors (Lipinski definition) is 1. The topological polar surface area (TPSA) is 58.6 Å². The minimum absolute atomic E-state index is 0.164. The standard InChI is InChI=1S/C22H28N2O3/c1-15(2)19-8-6-18(7-9-19)14-24(22(26)16(3)23-17(4)25)20-10-12-21(27-5)13-11-20/h6-13,15-16H,14H2,1-5H3,(H,23,25). The van der Waals surface area contributed by atoms with Gasteiger partial charge in [-0.25, -0.2) is 0 Å². The number of nitrogens with one attached hydrogen (secondary N) is 1. The van der Waals surface area contributed by atoms with Crippen molar-refractivity contribution in [3.63, 3.8) is 0 Å². The van der Waals surface area contributed by atoms with Crippen LogP contribution in [-0.4, -0.2) is 25.0 Å². The van der Waals surface area contributed by atoms with E-state index < -0.39 is 6.04 Å². The fourth-order valence-corrected chi connectivity index (χ4v) is 2.85. The van der Waals surface area contributed by atoms with Crippen molar-refractivity contribution in [1.29, 1.82) is 0 Å². The summed E-state index contributed by atoms with van der Waals surface area (Å²) in [7, 11) is 1.60. The maximum absolute atomic E-state index is 13.0. The Hall–Kier alpha value is -2.82. The molecule has 2 aromatic carbocycles. The highest BCUT2D eigenvalue weighted by atomic mass is 16.5. The van der Waals surface area contributed by atoms with Gasteiger partial charge in [-0.1, -0.05) is 38.1 Å². The van der Waals surface area contributed by atoms with Crippen LogP contribution >= 0.6 is 0 Å². The van der Waals surface area contributed by atoms with E-state index in [4.69, 9.17) is 4.74 Å². The molecule has 0 aliphatic carbocycles. The molecule has 2 aromatic rings. The third-order valence-corrected chi connectivity index (χ3v) is 4.43. The number of nitrogens with zero attached hydrogens (tertiary/aromatic N) is 1. The van der Waals surface area contributed by atoms with Gasteiger partial charge in [-0.15, -0.1) is 0 Å². The van der Waals surface area contributed by atoms with Crippen LogP contribution in [0.3, 0.4) is 0 Å². The molecule has 0 saturated carbocycles. The summed E-state index contributed by atoms with van der Waals surface area (Å²) >= 11 is 0. The Morgan fingerprint density at radius 3 is 2.07 bits per heavy atom. The fraction of sp³-hybridized carbons (Fsp3) is 0.364. The molecular formula is C22H28N2O3. The molecular weight excluding hydrogens is 340 g/mol. The number of ether oxygens (including phenoxy) is 1. The molecule has 0 fully saturated rings. The van der Waals surface area contributed by atoms with Crippen LogP contribution in [0.1, 0.15) is 44.7 Å². The van der Waals surface area contributed by atoms with Gasteiger partial charge < -0.3 is 15.0 Å². The zero-order chi connectivity index (χ0) is 20.0. The summed E-state index contributed by atoms with van der Waals surface area (Å²) in [5.74, 6) is 0.788. The zero-order valence-corrected chi connectivity index (χ0v) is 16.7. The van der Waals surface area contributed by atoms with E-state index >= 15 is 0 Å². The van der Waals surface area contributed by atoms with E-state index in [-0.39, 0.29) is 11.8 Å². The molecule has 0 bridgehead atoms. The van der Waals surface area contributed by atoms with Crippen LogP contribution in [0.25, 0.3) is 0 Å². The fourth-order valence-electron chi connectivity index (χ4n) is 2.85. The van der Waals surface area contributed by atoms with Gasteiger partial charge >= 0.3 is 0 Å². The van der Waals surface area contributed by atoms with Crippen molar-refractivity contribution in [2.24, 2.45) is 0 Å². The molecule has 2 rings (SSSR count). The van der Waals surface area contributed by atoms with E-state index in [1.165, 1.54) is 12.5 Å². The maximum atomic E-state index is 13.0. The Bertz CT molecular complexity index is 767. The summed E-state index contributed by atoms with van der Waals surface area (Å²) in [6.45, 7) is 7.83. The SMILES string of the molecule is COc1ccc(N(Cc2ccc(C(C)C)cc2)C(=O)C(C)NC(C)=O)cc1. The number of carbonyl (C=O) groups is 2. The van der Waals surface area contributed by atoms with E-state index in [1.807, 2.05) is 36.4 Å². The van der Waals surface area contributed by atoms with Crippen LogP contribution in [0.5, 0.6) is 5.75 Å². The van der Waals surface area contributed by atoms with Crippen LogP contribution in [0, 0.1) is 0 Å². The van der Waals surface area contributed by atoms with Crippen molar-refractivity contribution >= 4 is 17.5 Å². The van der Waals surface area contributed by atoms with Crippen LogP contribution in [0.2, 0.25) is 0 Å². The predicted molar refractivity (Wildman–Crippen MR) is 108 cm³/mol. The summed E-state index contributed by atoms with van der Waals surface area (Å²) in [6, 6.07) is 15.0. The van der Waals surface area contributed by atoms with Gasteiger partial charge in [0.1, 0.15) is 11.8 Å². The molecule has 0 spiro atoms. The summed E-state index contributed by atoms with van der Waals surface area (Å²) in [6.07, 6.45) is 0. The lowest BCUT2D eigenvalue weighted by atomic mass is 10.0. The highest BCUT2D eigenvalue weighted by Gasteiger charge is 2.23. The molecule has 0 aliphatic heterocycles. The number of carbonyl (C=O) groups excluding carboxylic acids is 2. The monoisotopic (exact) mass is 368 g/mol. The Kier molecular flexibility index (Phi) is 6.99. The minimum Gasteiger partial charge on any atom is -0.497 e. The second-order valence-corrected chi connectivity index (χ2v) is 6.94. The molecule has 0 saturated heterocycles. The van der Waals surface area contributed by atoms with Crippen molar-refractivity contribution in [3.05, 3.63) is 59.7 Å². The zero-order valence-electron chi connectivity index (χ0n) is 16.7. The molecule has 0 aromatic heterocycles. The number of amides is 2. The van der Waals surface area contributed by atoms with Gasteiger partial charge in [-0.2, -0.15) is 0 Å². The first kappa shape index (κ1) is 20.5. The molecule has 27 heavy (non-hydrogen) atoms. The van der Waals surface area contributed by atoms with Gasteiger partial charge in [-0.3, -0.25) is 9.59 Å². The Balaban J connectivity index is 2.30. The van der Waals surface area contributed by atoms with Crippen molar-refractivity contribution < 1.29 is 14.3 Å². The molecule has 1 atom stereocenters. The number of hydrogen-bond acceptors (Lipinski definition) is 3. The Morgan fingerprint density at radius 1 is 1.00 bits per heavy atom. The first-order valence-electron chi connectivity index (χ1n) is 9.13. The van der Waals surface area contributed by atoms with Gasteiger partial charge in [-0.05, 0) is 48.2 Å². The second-order valence-electron chi connectivity index (χ2n) is 6.94. The van der Waals surface area contributed by atoms with E-state index in [1.54, 1.807) is 18.9 Å². The summed E-state index contributed by atoms with van der Waals surface area (Å²) < 4.78 is 5.20. The highest BCUT2D eigenvalue weighted by molar-refractivity contribution is 5.98. The predicted octanol–water partition coefficient (Wildman–Crippen LogP) is 3.88. The number of anilines is 1. The Labute approximate surface area is 161 Å². The molecule has 144 valence electrons. The first-order chi connectivity index (χ1) is 12.8. The third kappa shape index (κ3) is 5.58. The number of rotatable bonds is 7. The summed E-state index contributed by atoms with van der Waals surface area (Å²) in [5.41, 5.74) is 3.04. The number of methoxy groups -OCH3 is 1. The third-order valence-electron chi connectivity index (χ3n) is 4.43. The van der Waals surface area contributed by atoms with E-state index in [0.717, 1.165) is 17.0 Å². The van der Waals surface area contributed by atoms with Gasteiger partial charge in [0, 0.05) is 12.6 Å². The average molecular weight is 368 g/mol. The highest BCUT2D eigenvalue weighted by Crippen LogP contribution is 2.23. The second kappa shape index (κ2) is 9.21. The molecule has 2 amide bonds. The molecule has 0 heterocycles. The van der Waals surface area contributed by atoms with E-state index in [9.17, 15) is 9.59 Å². The average Bonchev–Trinajstić information content (AvgIpc) is 2.65. The lowest BCUT2D eigenvalue weighted by Crippen LogP contribution is -2.46. The van der Waals surface area contributed by atoms with Crippen molar-refractivity contribution in [3.8, 4) is 5.75 Å². The van der Waals surface area contributed by atoms with Gasteiger partial charge in [0.2, 0.25) is 11.8 Å². The molecule has 0 radical (unpaired) electrons. The largest absolute Gasteiger partial charge is 0.497 e. The molecule has 1 N–H and O–H groups in total. The normalized spacial score (nSPS) is 11.8. The smallest absolute Gasteiger partial charge is 0.249 e. The quantitative estimate of drug-likeness (QED) is 0.807. The summed E-state index contributed by atoms with van der Waals surface area (Å²) in [5, 5.41) is 2.67. The van der Waals surface area contributed by atoms with Gasteiger partial charge in [0.05, 0.1) is 13.7 Å². The number of benzene rings is 2. The lowest BCUT2D eigenvalue weighted by Gasteiger charge is -2.26. The van der Waals surface area contributed by atoms with E-state index in [0.29, 0.717) is 12.5 Å². The molecule has 5 nitrogen and oxygen atoms in total.